The average molecular weight is 427 g/mol. The van der Waals surface area contributed by atoms with Crippen LogP contribution in [0.2, 0.25) is 0 Å². The molecule has 6 nitrogen and oxygen atoms in total. The summed E-state index contributed by atoms with van der Waals surface area (Å²) in [6.07, 6.45) is 5.35. The van der Waals surface area contributed by atoms with Gasteiger partial charge in [-0.05, 0) is 36.8 Å². The number of carbonyl (C=O) groups is 2. The minimum Gasteiger partial charge on any atom is -0.352 e. The van der Waals surface area contributed by atoms with E-state index in [4.69, 9.17) is 0 Å². The second-order valence-corrected chi connectivity index (χ2v) is 7.50. The molecule has 2 amide bonds. The van der Waals surface area contributed by atoms with Crippen molar-refractivity contribution in [1.29, 1.82) is 0 Å². The molecule has 3 aromatic rings. The van der Waals surface area contributed by atoms with Crippen molar-refractivity contribution in [3.05, 3.63) is 72.3 Å². The summed E-state index contributed by atoms with van der Waals surface area (Å²) in [5.41, 5.74) is 1.48. The number of amides is 2. The van der Waals surface area contributed by atoms with Crippen LogP contribution in [0.5, 0.6) is 0 Å². The summed E-state index contributed by atoms with van der Waals surface area (Å²) in [5.74, 6) is -0.860. The van der Waals surface area contributed by atoms with Gasteiger partial charge in [-0.25, -0.2) is 9.37 Å². The fourth-order valence-corrected chi connectivity index (χ4v) is 3.52. The number of benzene rings is 2. The first-order chi connectivity index (χ1) is 14.6. The van der Waals surface area contributed by atoms with Crippen LogP contribution >= 0.6 is 11.8 Å². The fraction of sp³-hybridized carbons (Fsp3) is 0.227. The Kier molecular flexibility index (Phi) is 7.62. The van der Waals surface area contributed by atoms with E-state index in [1.165, 1.54) is 23.9 Å². The maximum absolute atomic E-state index is 13.7. The summed E-state index contributed by atoms with van der Waals surface area (Å²) in [6, 6.07) is 13.2. The molecule has 0 aliphatic heterocycles. The number of unbranched alkanes of at least 4 members (excludes halogenated alkanes) is 1. The first-order valence-corrected chi connectivity index (χ1v) is 10.7. The van der Waals surface area contributed by atoms with Crippen LogP contribution in [0.4, 0.5) is 10.1 Å². The SMILES string of the molecule is CCCCNC(=O)c1cccc(-n2ccnc2SCC(=O)Nc2ccccc2F)c1. The van der Waals surface area contributed by atoms with E-state index in [0.717, 1.165) is 18.5 Å². The van der Waals surface area contributed by atoms with Crippen LogP contribution < -0.4 is 10.6 Å². The molecule has 8 heteroatoms. The van der Waals surface area contributed by atoms with Gasteiger partial charge in [-0.1, -0.05) is 43.3 Å². The standard InChI is InChI=1S/C22H23FN4O2S/c1-2-3-11-24-21(29)16-7-6-8-17(14-16)27-13-12-25-22(27)30-15-20(28)26-19-10-5-4-9-18(19)23/h4-10,12-14H,2-3,11,15H2,1H3,(H,24,29)(H,26,28). The van der Waals surface area contributed by atoms with E-state index in [2.05, 4.69) is 22.5 Å². The van der Waals surface area contributed by atoms with Gasteiger partial charge < -0.3 is 10.6 Å². The Bertz CT molecular complexity index is 1020. The predicted molar refractivity (Wildman–Crippen MR) is 117 cm³/mol. The zero-order valence-corrected chi connectivity index (χ0v) is 17.4. The Morgan fingerprint density at radius 2 is 2.00 bits per heavy atom. The van der Waals surface area contributed by atoms with Crippen molar-refractivity contribution in [2.45, 2.75) is 24.9 Å². The van der Waals surface area contributed by atoms with Crippen LogP contribution in [0.1, 0.15) is 30.1 Å². The zero-order valence-electron chi connectivity index (χ0n) is 16.6. The van der Waals surface area contributed by atoms with E-state index in [-0.39, 0.29) is 23.3 Å². The van der Waals surface area contributed by atoms with Crippen LogP contribution in [-0.2, 0) is 4.79 Å². The molecule has 1 aromatic heterocycles. The number of nitrogens with one attached hydrogen (secondary N) is 2. The average Bonchev–Trinajstić information content (AvgIpc) is 3.23. The maximum atomic E-state index is 13.7. The van der Waals surface area contributed by atoms with Crippen molar-refractivity contribution >= 4 is 29.3 Å². The molecule has 1 heterocycles. The van der Waals surface area contributed by atoms with Gasteiger partial charge in [0.1, 0.15) is 5.82 Å². The van der Waals surface area contributed by atoms with Gasteiger partial charge in [0, 0.05) is 30.2 Å². The molecule has 0 aliphatic rings. The summed E-state index contributed by atoms with van der Waals surface area (Å²) in [5, 5.41) is 6.06. The third-order valence-electron chi connectivity index (χ3n) is 4.29. The summed E-state index contributed by atoms with van der Waals surface area (Å²) in [7, 11) is 0. The van der Waals surface area contributed by atoms with E-state index < -0.39 is 5.82 Å². The molecule has 0 aliphatic carbocycles. The van der Waals surface area contributed by atoms with Crippen LogP contribution in [-0.4, -0.2) is 33.7 Å². The normalized spacial score (nSPS) is 10.6. The first-order valence-electron chi connectivity index (χ1n) is 9.67. The van der Waals surface area contributed by atoms with Gasteiger partial charge in [-0.3, -0.25) is 14.2 Å². The molecule has 2 N–H and O–H groups in total. The summed E-state index contributed by atoms with van der Waals surface area (Å²) in [4.78, 5) is 28.8. The van der Waals surface area contributed by atoms with Crippen molar-refractivity contribution in [2.75, 3.05) is 17.6 Å². The molecule has 156 valence electrons. The molecule has 0 fully saturated rings. The van der Waals surface area contributed by atoms with Crippen molar-refractivity contribution in [2.24, 2.45) is 0 Å². The van der Waals surface area contributed by atoms with Crippen molar-refractivity contribution in [1.82, 2.24) is 14.9 Å². The minimum atomic E-state index is -0.480. The molecule has 0 atom stereocenters. The largest absolute Gasteiger partial charge is 0.352 e. The highest BCUT2D eigenvalue weighted by Crippen LogP contribution is 2.22. The van der Waals surface area contributed by atoms with Crippen LogP contribution in [0.25, 0.3) is 5.69 Å². The van der Waals surface area contributed by atoms with Gasteiger partial charge in [0.2, 0.25) is 5.91 Å². The third kappa shape index (κ3) is 5.70. The molecular weight excluding hydrogens is 403 g/mol. The quantitative estimate of drug-likeness (QED) is 0.396. The second-order valence-electron chi connectivity index (χ2n) is 6.56. The zero-order chi connectivity index (χ0) is 21.3. The first kappa shape index (κ1) is 21.6. The summed E-state index contributed by atoms with van der Waals surface area (Å²) in [6.45, 7) is 2.71. The van der Waals surface area contributed by atoms with E-state index in [9.17, 15) is 14.0 Å². The smallest absolute Gasteiger partial charge is 0.251 e. The maximum Gasteiger partial charge on any atom is 0.251 e. The fourth-order valence-electron chi connectivity index (χ4n) is 2.75. The number of anilines is 1. The summed E-state index contributed by atoms with van der Waals surface area (Å²) >= 11 is 1.23. The van der Waals surface area contributed by atoms with Crippen molar-refractivity contribution in [3.63, 3.8) is 0 Å². The number of rotatable bonds is 9. The van der Waals surface area contributed by atoms with Gasteiger partial charge in [0.15, 0.2) is 5.16 Å². The topological polar surface area (TPSA) is 76.0 Å². The number of carbonyl (C=O) groups excluding carboxylic acids is 2. The molecule has 0 saturated heterocycles. The van der Waals surface area contributed by atoms with Gasteiger partial charge >= 0.3 is 0 Å². The molecule has 0 saturated carbocycles. The van der Waals surface area contributed by atoms with Gasteiger partial charge in [-0.15, -0.1) is 0 Å². The number of thioether (sulfide) groups is 1. The Balaban J connectivity index is 1.65. The lowest BCUT2D eigenvalue weighted by Gasteiger charge is -2.10. The highest BCUT2D eigenvalue weighted by molar-refractivity contribution is 7.99. The highest BCUT2D eigenvalue weighted by atomic mass is 32.2. The van der Waals surface area contributed by atoms with Gasteiger partial charge in [0.25, 0.3) is 5.91 Å². The van der Waals surface area contributed by atoms with Crippen LogP contribution in [0.15, 0.2) is 66.1 Å². The number of aromatic nitrogens is 2. The molecule has 0 unspecified atom stereocenters. The molecular formula is C22H23FN4O2S. The van der Waals surface area contributed by atoms with E-state index in [1.54, 1.807) is 36.7 Å². The monoisotopic (exact) mass is 426 g/mol. The number of nitrogens with zero attached hydrogens (tertiary/aromatic N) is 2. The molecule has 0 spiro atoms. The van der Waals surface area contributed by atoms with Crippen LogP contribution in [0, 0.1) is 5.82 Å². The van der Waals surface area contributed by atoms with Crippen molar-refractivity contribution in [3.8, 4) is 5.69 Å². The Labute approximate surface area is 178 Å². The van der Waals surface area contributed by atoms with E-state index in [0.29, 0.717) is 17.3 Å². The number of para-hydroxylation sites is 1. The van der Waals surface area contributed by atoms with Gasteiger partial charge in [0.05, 0.1) is 11.4 Å². The molecule has 0 radical (unpaired) electrons. The number of hydrogen-bond acceptors (Lipinski definition) is 4. The highest BCUT2D eigenvalue weighted by Gasteiger charge is 2.12. The lowest BCUT2D eigenvalue weighted by Crippen LogP contribution is -2.24. The lowest BCUT2D eigenvalue weighted by molar-refractivity contribution is -0.113. The van der Waals surface area contributed by atoms with E-state index in [1.807, 2.05) is 16.7 Å². The second kappa shape index (κ2) is 10.6. The Morgan fingerprint density at radius 3 is 2.80 bits per heavy atom. The molecule has 30 heavy (non-hydrogen) atoms. The van der Waals surface area contributed by atoms with Gasteiger partial charge in [-0.2, -0.15) is 0 Å². The number of hydrogen-bond donors (Lipinski definition) is 2. The Morgan fingerprint density at radius 1 is 1.17 bits per heavy atom. The summed E-state index contributed by atoms with van der Waals surface area (Å²) < 4.78 is 15.5. The van der Waals surface area contributed by atoms with Crippen molar-refractivity contribution < 1.29 is 14.0 Å². The predicted octanol–water partition coefficient (Wildman–Crippen LogP) is 4.27. The van der Waals surface area contributed by atoms with E-state index >= 15 is 0 Å². The van der Waals surface area contributed by atoms with Crippen LogP contribution in [0.3, 0.4) is 0 Å². The molecule has 0 bridgehead atoms. The lowest BCUT2D eigenvalue weighted by atomic mass is 10.2. The molecule has 2 aromatic carbocycles. The minimum absolute atomic E-state index is 0.0720. The molecule has 3 rings (SSSR count). The Hall–Kier alpha value is -3.13. The number of imidazole rings is 1. The third-order valence-corrected chi connectivity index (χ3v) is 5.26. The number of halogens is 1.